The van der Waals surface area contributed by atoms with Crippen molar-refractivity contribution < 1.29 is 9.53 Å². The number of aromatic amines is 1. The maximum Gasteiger partial charge on any atom is 0.154 e. The van der Waals surface area contributed by atoms with Gasteiger partial charge in [0.2, 0.25) is 0 Å². The zero-order chi connectivity index (χ0) is 11.1. The van der Waals surface area contributed by atoms with Crippen LogP contribution in [0.15, 0.2) is 18.3 Å². The molecule has 1 aromatic carbocycles. The van der Waals surface area contributed by atoms with Gasteiger partial charge in [-0.2, -0.15) is 0 Å². The third-order valence-corrected chi connectivity index (χ3v) is 3.01. The van der Waals surface area contributed by atoms with E-state index in [1.165, 1.54) is 0 Å². The van der Waals surface area contributed by atoms with Crippen molar-refractivity contribution in [3.63, 3.8) is 0 Å². The molecule has 1 aliphatic heterocycles. The number of aromatic nitrogens is 1. The molecule has 0 amide bonds. The molecule has 1 aliphatic rings. The van der Waals surface area contributed by atoms with E-state index < -0.39 is 0 Å². The van der Waals surface area contributed by atoms with Crippen LogP contribution in [-0.4, -0.2) is 31.5 Å². The second kappa shape index (κ2) is 3.27. The summed E-state index contributed by atoms with van der Waals surface area (Å²) >= 11 is 0. The van der Waals surface area contributed by atoms with Gasteiger partial charge in [-0.3, -0.25) is 4.79 Å². The molecule has 3 rings (SSSR count). The van der Waals surface area contributed by atoms with Gasteiger partial charge in [0.1, 0.15) is 12.4 Å². The van der Waals surface area contributed by atoms with Crippen LogP contribution in [0.5, 0.6) is 5.75 Å². The number of fused-ring (bicyclic) bond motifs is 2. The van der Waals surface area contributed by atoms with E-state index in [1.54, 1.807) is 0 Å². The Kier molecular flexibility index (Phi) is 1.89. The Balaban J connectivity index is 2.39. The maximum atomic E-state index is 11.2. The van der Waals surface area contributed by atoms with Crippen molar-refractivity contribution in [1.82, 2.24) is 4.98 Å². The molecule has 0 saturated carbocycles. The predicted molar refractivity (Wildman–Crippen MR) is 62.5 cm³/mol. The molecule has 2 heterocycles. The molecule has 0 fully saturated rings. The number of aldehydes is 1. The minimum absolute atomic E-state index is 0.664. The molecule has 2 aromatic rings. The number of nitrogens with zero attached hydrogens (tertiary/aromatic N) is 1. The van der Waals surface area contributed by atoms with Crippen LogP contribution in [0.4, 0.5) is 5.69 Å². The summed E-state index contributed by atoms with van der Waals surface area (Å²) in [5, 5.41) is 1.01. The van der Waals surface area contributed by atoms with Gasteiger partial charge in [-0.25, -0.2) is 0 Å². The first-order chi connectivity index (χ1) is 7.81. The Hall–Kier alpha value is -1.97. The van der Waals surface area contributed by atoms with Crippen LogP contribution in [-0.2, 0) is 0 Å². The summed E-state index contributed by atoms with van der Waals surface area (Å²) < 4.78 is 5.60. The number of anilines is 1. The highest BCUT2D eigenvalue weighted by Crippen LogP contribution is 2.38. The highest BCUT2D eigenvalue weighted by Gasteiger charge is 2.21. The quantitative estimate of drug-likeness (QED) is 0.739. The molecule has 82 valence electrons. The molecular formula is C12H12N2O2. The number of hydrogen-bond acceptors (Lipinski definition) is 3. The average molecular weight is 216 g/mol. The first-order valence-corrected chi connectivity index (χ1v) is 5.24. The monoisotopic (exact) mass is 216 g/mol. The summed E-state index contributed by atoms with van der Waals surface area (Å²) in [5.41, 5.74) is 2.45. The fraction of sp³-hybridized carbons (Fsp3) is 0.250. The lowest BCUT2D eigenvalue weighted by molar-refractivity contribution is 0.112. The lowest BCUT2D eigenvalue weighted by Crippen LogP contribution is -2.29. The number of benzene rings is 1. The Bertz CT molecular complexity index is 559. The van der Waals surface area contributed by atoms with Crippen molar-refractivity contribution in [2.45, 2.75) is 0 Å². The summed E-state index contributed by atoms with van der Waals surface area (Å²) in [6.45, 7) is 1.47. The topological polar surface area (TPSA) is 45.3 Å². The normalized spacial score (nSPS) is 14.7. The predicted octanol–water partition coefficient (Wildman–Crippen LogP) is 1.81. The van der Waals surface area contributed by atoms with Gasteiger partial charge in [0.15, 0.2) is 6.29 Å². The summed E-state index contributed by atoms with van der Waals surface area (Å²) in [7, 11) is 1.98. The first-order valence-electron chi connectivity index (χ1n) is 5.24. The molecule has 0 radical (unpaired) electrons. The molecule has 0 spiro atoms. The van der Waals surface area contributed by atoms with Gasteiger partial charge in [0.25, 0.3) is 0 Å². The average Bonchev–Trinajstić information content (AvgIpc) is 2.74. The minimum atomic E-state index is 0.664. The van der Waals surface area contributed by atoms with E-state index in [0.717, 1.165) is 35.2 Å². The summed E-state index contributed by atoms with van der Waals surface area (Å²) in [4.78, 5) is 16.4. The zero-order valence-corrected chi connectivity index (χ0v) is 8.99. The first kappa shape index (κ1) is 9.27. The Morgan fingerprint density at radius 3 is 3.25 bits per heavy atom. The number of ether oxygens (including phenoxy) is 1. The van der Waals surface area contributed by atoms with E-state index in [9.17, 15) is 4.79 Å². The number of likely N-dealkylation sites (N-methyl/N-ethyl adjacent to an activating group) is 1. The second-order valence-electron chi connectivity index (χ2n) is 3.97. The van der Waals surface area contributed by atoms with Crippen molar-refractivity contribution in [1.29, 1.82) is 0 Å². The molecule has 0 aliphatic carbocycles. The molecule has 16 heavy (non-hydrogen) atoms. The standard InChI is InChI=1S/C12H12N2O2/c1-14-4-5-16-10-6-8-2-3-13-11(8)9(7-15)12(10)14/h2-3,6-7,13H,4-5H2,1H3. The largest absolute Gasteiger partial charge is 0.490 e. The van der Waals surface area contributed by atoms with Gasteiger partial charge in [-0.05, 0) is 12.1 Å². The van der Waals surface area contributed by atoms with Gasteiger partial charge in [-0.15, -0.1) is 0 Å². The van der Waals surface area contributed by atoms with E-state index in [-0.39, 0.29) is 0 Å². The number of hydrogen-bond donors (Lipinski definition) is 1. The minimum Gasteiger partial charge on any atom is -0.490 e. The third-order valence-electron chi connectivity index (χ3n) is 3.01. The fourth-order valence-corrected chi connectivity index (χ4v) is 2.22. The smallest absolute Gasteiger partial charge is 0.154 e. The number of carbonyl (C=O) groups excluding carboxylic acids is 1. The number of nitrogens with one attached hydrogen (secondary N) is 1. The van der Waals surface area contributed by atoms with Crippen LogP contribution in [0.1, 0.15) is 10.4 Å². The summed E-state index contributed by atoms with van der Waals surface area (Å²) in [6.07, 6.45) is 2.73. The number of H-pyrrole nitrogens is 1. The van der Waals surface area contributed by atoms with E-state index in [1.807, 2.05) is 25.4 Å². The molecule has 0 unspecified atom stereocenters. The highest BCUT2D eigenvalue weighted by atomic mass is 16.5. The lowest BCUT2D eigenvalue weighted by Gasteiger charge is -2.29. The lowest BCUT2D eigenvalue weighted by atomic mass is 10.1. The van der Waals surface area contributed by atoms with Gasteiger partial charge < -0.3 is 14.6 Å². The molecule has 4 nitrogen and oxygen atoms in total. The van der Waals surface area contributed by atoms with Crippen LogP contribution < -0.4 is 9.64 Å². The summed E-state index contributed by atoms with van der Waals surface area (Å²) in [6, 6.07) is 3.92. The SMILES string of the molecule is CN1CCOc2cc3cc[nH]c3c(C=O)c21. The highest BCUT2D eigenvalue weighted by molar-refractivity contribution is 6.04. The van der Waals surface area contributed by atoms with Crippen LogP contribution in [0, 0.1) is 0 Å². The van der Waals surface area contributed by atoms with Crippen LogP contribution >= 0.6 is 0 Å². The van der Waals surface area contributed by atoms with E-state index >= 15 is 0 Å². The van der Waals surface area contributed by atoms with Crippen LogP contribution in [0.25, 0.3) is 10.9 Å². The zero-order valence-electron chi connectivity index (χ0n) is 8.99. The van der Waals surface area contributed by atoms with Crippen molar-refractivity contribution in [2.24, 2.45) is 0 Å². The maximum absolute atomic E-state index is 11.2. The van der Waals surface area contributed by atoms with E-state index in [4.69, 9.17) is 4.74 Å². The molecule has 0 bridgehead atoms. The van der Waals surface area contributed by atoms with E-state index in [2.05, 4.69) is 9.88 Å². The fourth-order valence-electron chi connectivity index (χ4n) is 2.22. The Morgan fingerprint density at radius 1 is 1.56 bits per heavy atom. The van der Waals surface area contributed by atoms with E-state index in [0.29, 0.717) is 12.2 Å². The molecule has 0 atom stereocenters. The van der Waals surface area contributed by atoms with Crippen molar-refractivity contribution in [3.8, 4) is 5.75 Å². The van der Waals surface area contributed by atoms with Crippen molar-refractivity contribution in [2.75, 3.05) is 25.1 Å². The molecule has 0 saturated heterocycles. The van der Waals surface area contributed by atoms with Gasteiger partial charge in [-0.1, -0.05) is 0 Å². The second-order valence-corrected chi connectivity index (χ2v) is 3.97. The third kappa shape index (κ3) is 1.13. The van der Waals surface area contributed by atoms with Crippen molar-refractivity contribution >= 4 is 22.9 Å². The molecule has 4 heteroatoms. The number of carbonyl (C=O) groups is 1. The van der Waals surface area contributed by atoms with Crippen LogP contribution in [0.2, 0.25) is 0 Å². The van der Waals surface area contributed by atoms with Gasteiger partial charge in [0.05, 0.1) is 23.3 Å². The summed E-state index contributed by atoms with van der Waals surface area (Å²) in [5.74, 6) is 0.794. The van der Waals surface area contributed by atoms with Crippen LogP contribution in [0.3, 0.4) is 0 Å². The Labute approximate surface area is 92.8 Å². The Morgan fingerprint density at radius 2 is 2.44 bits per heavy atom. The molecule has 1 N–H and O–H groups in total. The molecule has 1 aromatic heterocycles. The van der Waals surface area contributed by atoms with Gasteiger partial charge in [0, 0.05) is 18.6 Å². The van der Waals surface area contributed by atoms with Gasteiger partial charge >= 0.3 is 0 Å². The molecular weight excluding hydrogens is 204 g/mol. The number of rotatable bonds is 1. The van der Waals surface area contributed by atoms with Crippen molar-refractivity contribution in [3.05, 3.63) is 23.9 Å².